The molecule has 5 saturated heterocycles. The number of epoxide rings is 1. The Morgan fingerprint density at radius 1 is 0.787 bits per heavy atom. The molecule has 3 N–H and O–H groups in total. The highest BCUT2D eigenvalue weighted by Crippen LogP contribution is 2.84. The highest BCUT2D eigenvalue weighted by Gasteiger charge is 2.94. The number of aliphatic hydroxyl groups is 2. The van der Waals surface area contributed by atoms with Crippen molar-refractivity contribution in [2.24, 2.45) is 80.8 Å². The summed E-state index contributed by atoms with van der Waals surface area (Å²) in [5, 5.41) is 29.8. The van der Waals surface area contributed by atoms with Crippen LogP contribution in [-0.4, -0.2) is 94.3 Å². The van der Waals surface area contributed by atoms with E-state index in [9.17, 15) is 15.0 Å². The van der Waals surface area contributed by atoms with Crippen LogP contribution in [0.1, 0.15) is 159 Å². The minimum Gasteiger partial charge on any atom is -0.469 e. The van der Waals surface area contributed by atoms with Crippen LogP contribution in [0.2, 0.25) is 0 Å². The number of carbonyl (C=O) groups excluding carboxylic acids is 3. The Morgan fingerprint density at radius 2 is 1.60 bits per heavy atom. The largest absolute Gasteiger partial charge is 0.469 e. The van der Waals surface area contributed by atoms with Crippen LogP contribution >= 0.6 is 0 Å². The number of hydrogen-bond acceptors (Lipinski definition) is 12. The van der Waals surface area contributed by atoms with E-state index in [1.54, 1.807) is 6.26 Å². The van der Waals surface area contributed by atoms with Gasteiger partial charge in [0.1, 0.15) is 30.2 Å². The molecule has 0 bridgehead atoms. The fourth-order valence-corrected chi connectivity index (χ4v) is 22.2. The number of allylic oxidation sites excluding steroid dienone is 1. The summed E-state index contributed by atoms with van der Waals surface area (Å²) >= 11 is 0. The lowest BCUT2D eigenvalue weighted by atomic mass is 9.32. The molecule has 3 spiro atoms. The van der Waals surface area contributed by atoms with Crippen LogP contribution in [-0.2, 0) is 46.2 Å². The molecule has 2 aromatic rings. The van der Waals surface area contributed by atoms with Crippen molar-refractivity contribution in [3.8, 4) is 0 Å². The molecule has 1 aromatic carbocycles. The van der Waals surface area contributed by atoms with E-state index < -0.39 is 75.3 Å². The summed E-state index contributed by atoms with van der Waals surface area (Å²) in [5.41, 5.74) is -3.97. The first-order valence-electron chi connectivity index (χ1n) is 30.3. The molecule has 75 heavy (non-hydrogen) atoms. The van der Waals surface area contributed by atoms with E-state index in [1.165, 1.54) is 12.0 Å². The van der Waals surface area contributed by atoms with E-state index in [0.717, 1.165) is 121 Å². The number of rotatable bonds is 7. The zero-order chi connectivity index (χ0) is 50.9. The summed E-state index contributed by atoms with van der Waals surface area (Å²) in [6.07, 6.45) is 20.8. The van der Waals surface area contributed by atoms with E-state index in [4.69, 9.17) is 23.4 Å². The quantitative estimate of drug-likeness (QED) is 0.179. The third-order valence-corrected chi connectivity index (χ3v) is 25.1. The molecule has 0 radical (unpaired) electrons. The average molecular weight is 1030 g/mol. The number of carbonyl (C=O) groups is 3. The third-order valence-electron chi connectivity index (χ3n) is 25.1. The minimum atomic E-state index is -1.44. The summed E-state index contributed by atoms with van der Waals surface area (Å²) < 4.78 is 35.3. The molecule has 7 heterocycles. The van der Waals surface area contributed by atoms with Gasteiger partial charge in [-0.05, 0) is 161 Å². The maximum absolute atomic E-state index is 16.7. The van der Waals surface area contributed by atoms with Crippen LogP contribution in [0.3, 0.4) is 0 Å². The van der Waals surface area contributed by atoms with Gasteiger partial charge in [0.2, 0.25) is 0 Å². The molecule has 15 rings (SSSR count). The fourth-order valence-electron chi connectivity index (χ4n) is 22.2. The first kappa shape index (κ1) is 48.6. The normalized spacial score (nSPS) is 49.3. The number of benzene rings is 1. The lowest BCUT2D eigenvalue weighted by molar-refractivity contribution is -0.285. The number of furan rings is 1. The van der Waals surface area contributed by atoms with Gasteiger partial charge in [-0.2, -0.15) is 0 Å². The van der Waals surface area contributed by atoms with E-state index in [2.05, 4.69) is 66.7 Å². The molecule has 6 aliphatic heterocycles. The molecule has 7 saturated carbocycles. The van der Waals surface area contributed by atoms with Gasteiger partial charge in [0.05, 0.1) is 42.1 Å². The van der Waals surface area contributed by atoms with Crippen LogP contribution in [0.5, 0.6) is 0 Å². The van der Waals surface area contributed by atoms with Crippen LogP contribution in [0, 0.1) is 80.8 Å². The summed E-state index contributed by atoms with van der Waals surface area (Å²) in [6, 6.07) is 13.2. The summed E-state index contributed by atoms with van der Waals surface area (Å²) in [5.74, 6) is 1.07. The van der Waals surface area contributed by atoms with Crippen molar-refractivity contribution in [2.45, 2.75) is 196 Å². The Hall–Kier alpha value is -3.55. The van der Waals surface area contributed by atoms with Crippen molar-refractivity contribution < 1.29 is 48.0 Å². The molecule has 20 atom stereocenters. The Balaban J connectivity index is 0.854. The molecular formula is C63H82N2O10. The number of nitrogens with one attached hydrogen (secondary N) is 1. The highest BCUT2D eigenvalue weighted by atomic mass is 16.7. The van der Waals surface area contributed by atoms with Crippen LogP contribution in [0.4, 0.5) is 0 Å². The lowest BCUT2D eigenvalue weighted by Gasteiger charge is -2.71. The van der Waals surface area contributed by atoms with Crippen molar-refractivity contribution in [2.75, 3.05) is 19.8 Å². The Morgan fingerprint density at radius 3 is 2.43 bits per heavy atom. The fraction of sp³-hybridized carbons (Fsp3) is 0.762. The number of esters is 2. The Bertz CT molecular complexity index is 2620. The van der Waals surface area contributed by atoms with Gasteiger partial charge in [0.25, 0.3) is 0 Å². The van der Waals surface area contributed by atoms with Crippen molar-refractivity contribution in [3.05, 3.63) is 71.8 Å². The van der Waals surface area contributed by atoms with Crippen molar-refractivity contribution in [1.29, 1.82) is 0 Å². The van der Waals surface area contributed by atoms with Gasteiger partial charge in [-0.25, -0.2) is 4.79 Å². The van der Waals surface area contributed by atoms with E-state index >= 15 is 9.59 Å². The number of hydrogen-bond donors (Lipinski definition) is 3. The molecule has 12 heteroatoms. The average Bonchev–Trinajstić information content (AvgIpc) is 3.26. The summed E-state index contributed by atoms with van der Waals surface area (Å²) in [4.78, 5) is 49.1. The van der Waals surface area contributed by atoms with Crippen LogP contribution in [0.25, 0.3) is 0 Å². The standard InChI is InChI=1S/C63H82N2O10/c1-58-25-20-49-61-34-72-57(70)60(23-9-10-24-60)56(61)75-59(2,40-15-7-4-8-16-40)51(61)50(67)52(68)62(49,41-17-11-14-37(29-41)28-36-12-5-3-6-13-36)63(58)54(74-63)55(69)73-53(58)42-22-27-71-48(42)32-45-43-30-39-21-26-65-35-64-33-46(65)44(39)31-38(43)18-19-47(45)66/h3,5-6,12-13,21-22,26-27,37-41,43-47,49,51-54,56,64,66,68H,4,7-11,14-20,23-25,28-35H2,1-2H3/t37-,38-,39-,41+,43+,44-,45-,46+,47+,49-,51-,52-,53+,54-,56+,58+,59-,61-,62+,63-/m1/s1. The van der Waals surface area contributed by atoms with Crippen molar-refractivity contribution in [3.63, 3.8) is 0 Å². The molecule has 12 nitrogen and oxygen atoms in total. The zero-order valence-electron chi connectivity index (χ0n) is 44.5. The van der Waals surface area contributed by atoms with E-state index in [0.29, 0.717) is 67.7 Å². The highest BCUT2D eigenvalue weighted by molar-refractivity contribution is 5.93. The predicted octanol–water partition coefficient (Wildman–Crippen LogP) is 9.20. The molecule has 0 amide bonds. The van der Waals surface area contributed by atoms with Gasteiger partial charge in [-0.1, -0.05) is 88.3 Å². The molecule has 13 aliphatic rings. The van der Waals surface area contributed by atoms with E-state index in [-0.39, 0.29) is 42.0 Å². The zero-order valence-corrected chi connectivity index (χ0v) is 44.5. The molecular weight excluding hydrogens is 945 g/mol. The second-order valence-corrected chi connectivity index (χ2v) is 27.8. The maximum atomic E-state index is 16.7. The second-order valence-electron chi connectivity index (χ2n) is 27.8. The number of Topliss-reactive ketones (excluding diaryl/α,β-unsaturated/α-hetero) is 1. The number of aliphatic hydroxyl groups excluding tert-OH is 2. The van der Waals surface area contributed by atoms with Crippen LogP contribution < -0.4 is 5.32 Å². The monoisotopic (exact) mass is 1030 g/mol. The predicted molar refractivity (Wildman–Crippen MR) is 276 cm³/mol. The molecule has 0 unspecified atom stereocenters. The lowest BCUT2D eigenvalue weighted by Crippen LogP contribution is -2.80. The topological polar surface area (TPSA) is 160 Å². The maximum Gasteiger partial charge on any atom is 0.339 e. The number of fused-ring (bicyclic) bond motifs is 6. The van der Waals surface area contributed by atoms with Gasteiger partial charge < -0.3 is 38.5 Å². The van der Waals surface area contributed by atoms with Gasteiger partial charge >= 0.3 is 11.9 Å². The number of cyclic esters (lactones) is 2. The number of ether oxygens (including phenoxy) is 4. The van der Waals surface area contributed by atoms with Gasteiger partial charge in [-0.15, -0.1) is 0 Å². The smallest absolute Gasteiger partial charge is 0.339 e. The minimum absolute atomic E-state index is 0.0110. The van der Waals surface area contributed by atoms with Gasteiger partial charge in [0, 0.05) is 40.8 Å². The molecule has 1 aromatic heterocycles. The molecule has 12 fully saturated rings. The summed E-state index contributed by atoms with van der Waals surface area (Å²) in [6.45, 7) is 6.43. The second kappa shape index (κ2) is 17.2. The third kappa shape index (κ3) is 6.38. The Labute approximate surface area is 443 Å². The van der Waals surface area contributed by atoms with E-state index in [1.807, 2.05) is 6.07 Å². The first-order chi connectivity index (χ1) is 36.4. The van der Waals surface area contributed by atoms with Crippen molar-refractivity contribution in [1.82, 2.24) is 10.2 Å². The SMILES string of the molecule is C[C@@]12CC[C@@H]3[C@@]45COC(=O)C6(CCCC6)[C@@H]4O[C@](C)(C4CCCCC4)[C@H]5C(=O)[C@@H](O)[C@@]3([C@H]3CCC[C@H](Cc4ccccc4)C3)[C@]13O[C@@H]3C(=O)O[C@H]2c1ccoc1C[C@@H]1[C@H]2C[C@H]3C=CN4CNC[C@H]4[C@@H]3C[C@H]2CC[C@@H]1O. The first-order valence-corrected chi connectivity index (χ1v) is 30.3. The molecule has 404 valence electrons. The summed E-state index contributed by atoms with van der Waals surface area (Å²) in [7, 11) is 0. The van der Waals surface area contributed by atoms with Gasteiger partial charge in [0.15, 0.2) is 11.9 Å². The Kier molecular flexibility index (Phi) is 11.2. The number of ketones is 1. The number of nitrogens with zero attached hydrogens (tertiary/aromatic N) is 1. The van der Waals surface area contributed by atoms with Crippen molar-refractivity contribution >= 4 is 17.7 Å². The van der Waals surface area contributed by atoms with Gasteiger partial charge in [-0.3, -0.25) is 14.9 Å². The molecule has 7 aliphatic carbocycles. The van der Waals surface area contributed by atoms with Crippen LogP contribution in [0.15, 0.2) is 59.4 Å².